The third-order valence-corrected chi connectivity index (χ3v) is 3.17. The van der Waals surface area contributed by atoms with Crippen LogP contribution in [0.4, 0.5) is 20.4 Å². The molecule has 2 N–H and O–H groups in total. The van der Waals surface area contributed by atoms with E-state index in [2.05, 4.69) is 15.3 Å². The fraction of sp³-hybridized carbons (Fsp3) is 0.125. The van der Waals surface area contributed by atoms with Gasteiger partial charge in [-0.1, -0.05) is 0 Å². The molecule has 0 atom stereocenters. The first-order chi connectivity index (χ1) is 11.1. The Labute approximate surface area is 130 Å². The number of anilines is 2. The van der Waals surface area contributed by atoms with Gasteiger partial charge in [-0.05, 0) is 37.3 Å². The van der Waals surface area contributed by atoms with Gasteiger partial charge in [0, 0.05) is 6.07 Å². The number of ether oxygens (including phenoxy) is 1. The van der Waals surface area contributed by atoms with Crippen molar-refractivity contribution in [3.63, 3.8) is 0 Å². The van der Waals surface area contributed by atoms with Gasteiger partial charge in [0.25, 0.3) is 0 Å². The second-order valence-corrected chi connectivity index (χ2v) is 4.79. The molecule has 1 aromatic heterocycles. The summed E-state index contributed by atoms with van der Waals surface area (Å²) in [5.41, 5.74) is 1.51. The summed E-state index contributed by atoms with van der Waals surface area (Å²) in [6.45, 7) is 2.01. The summed E-state index contributed by atoms with van der Waals surface area (Å²) >= 11 is 0. The van der Waals surface area contributed by atoms with Crippen molar-refractivity contribution in [1.29, 1.82) is 0 Å². The number of hydrogen-bond acceptors (Lipinski definition) is 4. The van der Waals surface area contributed by atoms with Crippen LogP contribution >= 0.6 is 0 Å². The van der Waals surface area contributed by atoms with Gasteiger partial charge in [-0.3, -0.25) is 0 Å². The zero-order chi connectivity index (χ0) is 16.4. The highest BCUT2D eigenvalue weighted by Crippen LogP contribution is 2.22. The van der Waals surface area contributed by atoms with E-state index in [1.807, 2.05) is 0 Å². The first-order valence-corrected chi connectivity index (χ1v) is 6.96. The van der Waals surface area contributed by atoms with Crippen LogP contribution in [0.3, 0.4) is 0 Å². The van der Waals surface area contributed by atoms with Crippen molar-refractivity contribution in [2.45, 2.75) is 6.92 Å². The maximum Gasteiger partial charge on any atom is 0.338 e. The average molecular weight is 317 g/mol. The number of rotatable bonds is 4. The number of carbonyl (C=O) groups excluding carboxylic acids is 1. The van der Waals surface area contributed by atoms with Gasteiger partial charge in [0.2, 0.25) is 5.95 Å². The van der Waals surface area contributed by atoms with Gasteiger partial charge in [-0.2, -0.15) is 0 Å². The average Bonchev–Trinajstić information content (AvgIpc) is 2.92. The normalized spacial score (nSPS) is 10.7. The molecule has 23 heavy (non-hydrogen) atoms. The summed E-state index contributed by atoms with van der Waals surface area (Å²) in [4.78, 5) is 18.8. The summed E-state index contributed by atoms with van der Waals surface area (Å²) in [5.74, 6) is -1.35. The summed E-state index contributed by atoms with van der Waals surface area (Å²) in [6, 6.07) is 7.92. The molecule has 2 aromatic carbocycles. The lowest BCUT2D eigenvalue weighted by atomic mass is 10.2. The molecule has 0 spiro atoms. The molecule has 3 aromatic rings. The predicted molar refractivity (Wildman–Crippen MR) is 81.7 cm³/mol. The number of aromatic amines is 1. The minimum atomic E-state index is -0.598. The standard InChI is InChI=1S/C16H13F2N3O2/c1-2-23-15(22)9-3-6-12-14(7-9)21-16(19-12)20-13-8-10(17)4-5-11(13)18/h3-8H,2H2,1H3,(H2,19,20,21). The molecule has 0 amide bonds. The van der Waals surface area contributed by atoms with E-state index in [0.717, 1.165) is 18.2 Å². The smallest absolute Gasteiger partial charge is 0.338 e. The summed E-state index contributed by atoms with van der Waals surface area (Å²) in [5, 5.41) is 2.68. The van der Waals surface area contributed by atoms with Gasteiger partial charge in [-0.25, -0.2) is 18.6 Å². The monoisotopic (exact) mass is 317 g/mol. The van der Waals surface area contributed by atoms with Crippen molar-refractivity contribution < 1.29 is 18.3 Å². The molecule has 0 aliphatic rings. The van der Waals surface area contributed by atoms with E-state index in [-0.39, 0.29) is 18.2 Å². The molecule has 3 rings (SSSR count). The van der Waals surface area contributed by atoms with E-state index in [0.29, 0.717) is 16.6 Å². The zero-order valence-electron chi connectivity index (χ0n) is 12.2. The minimum absolute atomic E-state index is 0.0327. The van der Waals surface area contributed by atoms with Crippen molar-refractivity contribution in [2.75, 3.05) is 11.9 Å². The number of aromatic nitrogens is 2. The Morgan fingerprint density at radius 1 is 1.26 bits per heavy atom. The highest BCUT2D eigenvalue weighted by molar-refractivity contribution is 5.94. The number of imidazole rings is 1. The highest BCUT2D eigenvalue weighted by Gasteiger charge is 2.11. The van der Waals surface area contributed by atoms with Crippen LogP contribution in [-0.4, -0.2) is 22.5 Å². The Morgan fingerprint density at radius 3 is 2.87 bits per heavy atom. The Balaban J connectivity index is 1.91. The molecule has 0 unspecified atom stereocenters. The van der Waals surface area contributed by atoms with Gasteiger partial charge >= 0.3 is 5.97 Å². The fourth-order valence-corrected chi connectivity index (χ4v) is 2.13. The van der Waals surface area contributed by atoms with Crippen LogP contribution in [0.5, 0.6) is 0 Å². The molecule has 1 heterocycles. The SMILES string of the molecule is CCOC(=O)c1ccc2nc(Nc3cc(F)ccc3F)[nH]c2c1. The van der Waals surface area contributed by atoms with Gasteiger partial charge in [-0.15, -0.1) is 0 Å². The summed E-state index contributed by atoms with van der Waals surface area (Å²) in [7, 11) is 0. The Morgan fingerprint density at radius 2 is 2.09 bits per heavy atom. The number of nitrogens with zero attached hydrogens (tertiary/aromatic N) is 1. The highest BCUT2D eigenvalue weighted by atomic mass is 19.1. The molecule has 118 valence electrons. The zero-order valence-corrected chi connectivity index (χ0v) is 12.2. The molecular weight excluding hydrogens is 304 g/mol. The number of fused-ring (bicyclic) bond motifs is 1. The number of benzene rings is 2. The van der Waals surface area contributed by atoms with Crippen molar-refractivity contribution in [3.05, 3.63) is 53.6 Å². The van der Waals surface area contributed by atoms with E-state index in [1.165, 1.54) is 0 Å². The van der Waals surface area contributed by atoms with Crippen LogP contribution < -0.4 is 5.32 Å². The molecule has 0 fully saturated rings. The third-order valence-electron chi connectivity index (χ3n) is 3.17. The van der Waals surface area contributed by atoms with Crippen molar-refractivity contribution in [1.82, 2.24) is 9.97 Å². The van der Waals surface area contributed by atoms with E-state index in [4.69, 9.17) is 4.74 Å². The number of nitrogens with one attached hydrogen (secondary N) is 2. The van der Waals surface area contributed by atoms with E-state index in [1.54, 1.807) is 25.1 Å². The van der Waals surface area contributed by atoms with Crippen molar-refractivity contribution in [2.24, 2.45) is 0 Å². The second kappa shape index (κ2) is 6.04. The molecule has 5 nitrogen and oxygen atoms in total. The lowest BCUT2D eigenvalue weighted by Crippen LogP contribution is -2.04. The predicted octanol–water partition coefficient (Wildman–Crippen LogP) is 3.76. The summed E-state index contributed by atoms with van der Waals surface area (Å²) in [6.07, 6.45) is 0. The van der Waals surface area contributed by atoms with Gasteiger partial charge in [0.15, 0.2) is 0 Å². The Kier molecular flexibility index (Phi) is 3.92. The van der Waals surface area contributed by atoms with Crippen LogP contribution in [0.1, 0.15) is 17.3 Å². The topological polar surface area (TPSA) is 67.0 Å². The van der Waals surface area contributed by atoms with Gasteiger partial charge in [0.1, 0.15) is 11.6 Å². The number of hydrogen-bond donors (Lipinski definition) is 2. The van der Waals surface area contributed by atoms with Gasteiger partial charge < -0.3 is 15.0 Å². The number of H-pyrrole nitrogens is 1. The number of carbonyl (C=O) groups is 1. The number of halogens is 2. The first kappa shape index (κ1) is 15.0. The van der Waals surface area contributed by atoms with Crippen molar-refractivity contribution >= 4 is 28.6 Å². The summed E-state index contributed by atoms with van der Waals surface area (Å²) < 4.78 is 31.7. The molecule has 0 bridgehead atoms. The molecule has 7 heteroatoms. The number of esters is 1. The Bertz CT molecular complexity index is 877. The fourth-order valence-electron chi connectivity index (χ4n) is 2.13. The molecular formula is C16H13F2N3O2. The van der Waals surface area contributed by atoms with Crippen LogP contribution in [0, 0.1) is 11.6 Å². The minimum Gasteiger partial charge on any atom is -0.462 e. The van der Waals surface area contributed by atoms with Gasteiger partial charge in [0.05, 0.1) is 28.9 Å². The van der Waals surface area contributed by atoms with E-state index < -0.39 is 17.6 Å². The molecule has 0 radical (unpaired) electrons. The molecule has 0 saturated carbocycles. The van der Waals surface area contributed by atoms with Crippen molar-refractivity contribution in [3.8, 4) is 0 Å². The lowest BCUT2D eigenvalue weighted by Gasteiger charge is -2.03. The Hall–Kier alpha value is -2.96. The maximum atomic E-state index is 13.6. The first-order valence-electron chi connectivity index (χ1n) is 6.96. The second-order valence-electron chi connectivity index (χ2n) is 4.79. The maximum absolute atomic E-state index is 13.6. The molecule has 0 aliphatic heterocycles. The van der Waals surface area contributed by atoms with E-state index in [9.17, 15) is 13.6 Å². The molecule has 0 saturated heterocycles. The van der Waals surface area contributed by atoms with Crippen LogP contribution in [0.2, 0.25) is 0 Å². The third kappa shape index (κ3) is 3.13. The van der Waals surface area contributed by atoms with Crippen LogP contribution in [0.25, 0.3) is 11.0 Å². The van der Waals surface area contributed by atoms with E-state index >= 15 is 0 Å². The lowest BCUT2D eigenvalue weighted by molar-refractivity contribution is 0.0526. The largest absolute Gasteiger partial charge is 0.462 e. The van der Waals surface area contributed by atoms with Crippen LogP contribution in [-0.2, 0) is 4.74 Å². The molecule has 0 aliphatic carbocycles. The van der Waals surface area contributed by atoms with Crippen LogP contribution in [0.15, 0.2) is 36.4 Å². The quantitative estimate of drug-likeness (QED) is 0.719.